The number of halogens is 1. The number of hydrogen-bond acceptors (Lipinski definition) is 5. The number of carbonyl (C=O) groups excluding carboxylic acids is 1. The van der Waals surface area contributed by atoms with Crippen LogP contribution in [-0.4, -0.2) is 16.6 Å². The summed E-state index contributed by atoms with van der Waals surface area (Å²) in [6.07, 6.45) is 1.45. The van der Waals surface area contributed by atoms with Crippen molar-refractivity contribution in [1.82, 2.24) is 4.98 Å². The largest absolute Gasteiger partial charge is 0.307 e. The standard InChI is InChI=1S/C21H16ClN5O/c1-12-17(9-23)20(18(10-24)13(2)26-12)14-4-3-5-15(8-14)21(28)27-19-7-6-16(22)11-25-19/h3-8,11,17,20H,1-2H3,(H,25,27,28). The van der Waals surface area contributed by atoms with Gasteiger partial charge in [0.15, 0.2) is 0 Å². The van der Waals surface area contributed by atoms with E-state index in [1.165, 1.54) is 6.20 Å². The summed E-state index contributed by atoms with van der Waals surface area (Å²) in [5, 5.41) is 22.4. The van der Waals surface area contributed by atoms with E-state index in [-0.39, 0.29) is 5.91 Å². The van der Waals surface area contributed by atoms with E-state index in [0.717, 1.165) is 0 Å². The molecule has 1 aromatic heterocycles. The normalized spacial score (nSPS) is 18.7. The molecule has 6 nitrogen and oxygen atoms in total. The maximum absolute atomic E-state index is 12.6. The molecular formula is C21H16ClN5O. The van der Waals surface area contributed by atoms with Crippen LogP contribution in [-0.2, 0) is 0 Å². The Kier molecular flexibility index (Phi) is 5.54. The molecule has 138 valence electrons. The van der Waals surface area contributed by atoms with Crippen molar-refractivity contribution in [3.8, 4) is 12.1 Å². The number of hydrogen-bond donors (Lipinski definition) is 1. The summed E-state index contributed by atoms with van der Waals surface area (Å²) in [5.74, 6) is -0.988. The van der Waals surface area contributed by atoms with Gasteiger partial charge in [-0.2, -0.15) is 10.5 Å². The zero-order chi connectivity index (χ0) is 20.3. The Hall–Kier alpha value is -3.48. The Bertz CT molecular complexity index is 1070. The zero-order valence-electron chi connectivity index (χ0n) is 15.3. The van der Waals surface area contributed by atoms with E-state index in [2.05, 4.69) is 27.4 Å². The van der Waals surface area contributed by atoms with Crippen LogP contribution in [0, 0.1) is 28.6 Å². The van der Waals surface area contributed by atoms with Crippen molar-refractivity contribution in [3.63, 3.8) is 0 Å². The van der Waals surface area contributed by atoms with Gasteiger partial charge in [-0.25, -0.2) is 4.98 Å². The van der Waals surface area contributed by atoms with Gasteiger partial charge < -0.3 is 5.32 Å². The minimum absolute atomic E-state index is 0.342. The number of nitrogens with one attached hydrogen (secondary N) is 1. The molecule has 0 fully saturated rings. The fourth-order valence-corrected chi connectivity index (χ4v) is 3.33. The van der Waals surface area contributed by atoms with Crippen LogP contribution in [0.4, 0.5) is 5.82 Å². The zero-order valence-corrected chi connectivity index (χ0v) is 16.0. The first-order chi connectivity index (χ1) is 13.4. The Labute approximate surface area is 167 Å². The molecule has 1 aliphatic rings. The summed E-state index contributed by atoms with van der Waals surface area (Å²) in [6, 6.07) is 14.6. The molecule has 0 radical (unpaired) electrons. The molecule has 7 heteroatoms. The highest BCUT2D eigenvalue weighted by Crippen LogP contribution is 2.38. The van der Waals surface area contributed by atoms with E-state index in [0.29, 0.717) is 38.9 Å². The third-order valence-electron chi connectivity index (χ3n) is 4.56. The van der Waals surface area contributed by atoms with Gasteiger partial charge in [-0.1, -0.05) is 23.7 Å². The van der Waals surface area contributed by atoms with Crippen LogP contribution in [0.15, 0.2) is 58.9 Å². The van der Waals surface area contributed by atoms with E-state index in [9.17, 15) is 15.3 Å². The van der Waals surface area contributed by atoms with Crippen LogP contribution < -0.4 is 5.32 Å². The number of pyridine rings is 1. The fraction of sp³-hybridized carbons (Fsp3) is 0.190. The molecule has 2 aromatic rings. The first-order valence-electron chi connectivity index (χ1n) is 8.53. The molecule has 1 N–H and O–H groups in total. The molecule has 0 aliphatic carbocycles. The number of rotatable bonds is 3. The van der Waals surface area contributed by atoms with Crippen LogP contribution in [0.3, 0.4) is 0 Å². The molecule has 0 saturated heterocycles. The molecule has 0 bridgehead atoms. The minimum atomic E-state index is -0.561. The van der Waals surface area contributed by atoms with Crippen LogP contribution >= 0.6 is 11.6 Å². The first-order valence-corrected chi connectivity index (χ1v) is 8.91. The third kappa shape index (κ3) is 3.78. The van der Waals surface area contributed by atoms with Gasteiger partial charge in [0.2, 0.25) is 0 Å². The van der Waals surface area contributed by atoms with Crippen molar-refractivity contribution in [2.24, 2.45) is 10.9 Å². The van der Waals surface area contributed by atoms with Crippen molar-refractivity contribution in [2.45, 2.75) is 19.8 Å². The predicted molar refractivity (Wildman–Crippen MR) is 107 cm³/mol. The number of anilines is 1. The van der Waals surface area contributed by atoms with E-state index in [1.54, 1.807) is 44.2 Å². The summed E-state index contributed by atoms with van der Waals surface area (Å²) >= 11 is 5.81. The lowest BCUT2D eigenvalue weighted by atomic mass is 9.76. The first kappa shape index (κ1) is 19.3. The smallest absolute Gasteiger partial charge is 0.256 e. The van der Waals surface area contributed by atoms with Crippen molar-refractivity contribution < 1.29 is 4.79 Å². The van der Waals surface area contributed by atoms with Crippen LogP contribution in [0.2, 0.25) is 5.02 Å². The molecule has 0 spiro atoms. The lowest BCUT2D eigenvalue weighted by Crippen LogP contribution is -2.25. The molecule has 2 unspecified atom stereocenters. The summed E-state index contributed by atoms with van der Waals surface area (Å²) in [4.78, 5) is 21.0. The highest BCUT2D eigenvalue weighted by Gasteiger charge is 2.34. The molecule has 3 rings (SSSR count). The van der Waals surface area contributed by atoms with E-state index >= 15 is 0 Å². The monoisotopic (exact) mass is 389 g/mol. The predicted octanol–water partition coefficient (Wildman–Crippen LogP) is 4.48. The van der Waals surface area contributed by atoms with Gasteiger partial charge in [0, 0.05) is 23.4 Å². The van der Waals surface area contributed by atoms with Gasteiger partial charge in [-0.15, -0.1) is 0 Å². The maximum Gasteiger partial charge on any atom is 0.256 e. The summed E-state index contributed by atoms with van der Waals surface area (Å²) < 4.78 is 0. The molecule has 1 amide bonds. The highest BCUT2D eigenvalue weighted by molar-refractivity contribution is 6.30. The second kappa shape index (κ2) is 8.04. The van der Waals surface area contributed by atoms with Crippen LogP contribution in [0.1, 0.15) is 35.7 Å². The summed E-state index contributed by atoms with van der Waals surface area (Å²) in [6.45, 7) is 3.53. The highest BCUT2D eigenvalue weighted by atomic mass is 35.5. The average Bonchev–Trinajstić information content (AvgIpc) is 2.69. The second-order valence-corrected chi connectivity index (χ2v) is 6.83. The number of nitriles is 2. The molecule has 2 atom stereocenters. The van der Waals surface area contributed by atoms with E-state index in [1.807, 2.05) is 6.07 Å². The van der Waals surface area contributed by atoms with Crippen LogP contribution in [0.25, 0.3) is 0 Å². The quantitative estimate of drug-likeness (QED) is 0.835. The van der Waals surface area contributed by atoms with Gasteiger partial charge in [0.05, 0.1) is 34.3 Å². The Morgan fingerprint density at radius 3 is 2.64 bits per heavy atom. The molecule has 1 aliphatic heterocycles. The number of benzene rings is 1. The Balaban J connectivity index is 1.95. The minimum Gasteiger partial charge on any atom is -0.307 e. The lowest BCUT2D eigenvalue weighted by Gasteiger charge is -2.27. The van der Waals surface area contributed by atoms with Crippen molar-refractivity contribution >= 4 is 29.0 Å². The van der Waals surface area contributed by atoms with Crippen molar-refractivity contribution in [1.29, 1.82) is 10.5 Å². The summed E-state index contributed by atoms with van der Waals surface area (Å²) in [5.41, 5.74) is 2.81. The molecule has 1 aromatic carbocycles. The topological polar surface area (TPSA) is 102 Å². The van der Waals surface area contributed by atoms with Gasteiger partial charge in [0.25, 0.3) is 5.91 Å². The van der Waals surface area contributed by atoms with Crippen LogP contribution in [0.5, 0.6) is 0 Å². The number of aliphatic imine (C=N–C) groups is 1. The maximum atomic E-state index is 12.6. The number of nitrogens with zero attached hydrogens (tertiary/aromatic N) is 4. The molecular weight excluding hydrogens is 374 g/mol. The number of carbonyl (C=O) groups is 1. The molecule has 2 heterocycles. The van der Waals surface area contributed by atoms with Gasteiger partial charge in [-0.3, -0.25) is 9.79 Å². The number of amides is 1. The Morgan fingerprint density at radius 1 is 1.21 bits per heavy atom. The Morgan fingerprint density at radius 2 is 2.00 bits per heavy atom. The SMILES string of the molecule is CC1=NC(C)=C(C#N)C(c2cccc(C(=O)Nc3ccc(Cl)cn3)c2)C1C#N. The summed E-state index contributed by atoms with van der Waals surface area (Å²) in [7, 11) is 0. The van der Waals surface area contributed by atoms with Gasteiger partial charge in [-0.05, 0) is 43.7 Å². The number of allylic oxidation sites excluding steroid dienone is 2. The average molecular weight is 390 g/mol. The van der Waals surface area contributed by atoms with Crippen molar-refractivity contribution in [3.05, 3.63) is 70.0 Å². The third-order valence-corrected chi connectivity index (χ3v) is 4.79. The van der Waals surface area contributed by atoms with E-state index in [4.69, 9.17) is 11.6 Å². The fourth-order valence-electron chi connectivity index (χ4n) is 3.22. The molecule has 0 saturated carbocycles. The lowest BCUT2D eigenvalue weighted by molar-refractivity contribution is 0.102. The second-order valence-electron chi connectivity index (χ2n) is 6.39. The van der Waals surface area contributed by atoms with Crippen molar-refractivity contribution in [2.75, 3.05) is 5.32 Å². The van der Waals surface area contributed by atoms with Gasteiger partial charge >= 0.3 is 0 Å². The van der Waals surface area contributed by atoms with Gasteiger partial charge in [0.1, 0.15) is 5.82 Å². The number of aromatic nitrogens is 1. The molecule has 28 heavy (non-hydrogen) atoms. The van der Waals surface area contributed by atoms with E-state index < -0.39 is 11.8 Å².